The third-order valence-corrected chi connectivity index (χ3v) is 2.99. The Kier molecular flexibility index (Phi) is 3.85. The van der Waals surface area contributed by atoms with Crippen molar-refractivity contribution in [3.8, 4) is 5.75 Å². The van der Waals surface area contributed by atoms with Crippen LogP contribution in [-0.2, 0) is 4.74 Å². The Balaban J connectivity index is 2.09. The summed E-state index contributed by atoms with van der Waals surface area (Å²) in [6.07, 6.45) is 1.64. The second kappa shape index (κ2) is 5.57. The van der Waals surface area contributed by atoms with Gasteiger partial charge in [-0.15, -0.1) is 0 Å². The molecule has 1 amide bonds. The van der Waals surface area contributed by atoms with Gasteiger partial charge in [0.05, 0.1) is 13.7 Å². The number of benzene rings is 1. The summed E-state index contributed by atoms with van der Waals surface area (Å²) in [5.41, 5.74) is 1.17. The van der Waals surface area contributed by atoms with E-state index in [9.17, 15) is 4.79 Å². The molecule has 17 heavy (non-hydrogen) atoms. The van der Waals surface area contributed by atoms with Crippen molar-refractivity contribution in [3.63, 3.8) is 0 Å². The van der Waals surface area contributed by atoms with Crippen molar-refractivity contribution in [1.82, 2.24) is 5.32 Å². The number of carbonyl (C=O) groups is 1. The molecular weight excluding hydrogens is 218 g/mol. The molecule has 1 aliphatic rings. The van der Waals surface area contributed by atoms with Gasteiger partial charge in [-0.05, 0) is 24.5 Å². The van der Waals surface area contributed by atoms with Crippen molar-refractivity contribution in [2.45, 2.75) is 18.8 Å². The minimum atomic E-state index is -0.382. The maximum Gasteiger partial charge on any atom is 0.406 e. The SMILES string of the molecule is COC(=O)NCC1CCCOc2ccccc21. The number of rotatable bonds is 2. The predicted octanol–water partition coefficient (Wildman–Crippen LogP) is 2.30. The van der Waals surface area contributed by atoms with E-state index in [2.05, 4.69) is 16.1 Å². The van der Waals surface area contributed by atoms with Gasteiger partial charge in [-0.2, -0.15) is 0 Å². The number of hydrogen-bond acceptors (Lipinski definition) is 3. The second-order valence-electron chi connectivity index (χ2n) is 4.10. The smallest absolute Gasteiger partial charge is 0.406 e. The van der Waals surface area contributed by atoms with Gasteiger partial charge < -0.3 is 14.8 Å². The molecule has 1 unspecified atom stereocenters. The number of para-hydroxylation sites is 1. The van der Waals surface area contributed by atoms with Crippen LogP contribution in [0.4, 0.5) is 4.79 Å². The molecule has 0 bridgehead atoms. The molecule has 2 rings (SSSR count). The Morgan fingerprint density at radius 2 is 2.35 bits per heavy atom. The fraction of sp³-hybridized carbons (Fsp3) is 0.462. The number of carbonyl (C=O) groups excluding carboxylic acids is 1. The molecule has 1 aromatic carbocycles. The van der Waals surface area contributed by atoms with Gasteiger partial charge in [-0.25, -0.2) is 4.79 Å². The number of nitrogens with one attached hydrogen (secondary N) is 1. The van der Waals surface area contributed by atoms with E-state index in [0.29, 0.717) is 12.5 Å². The zero-order chi connectivity index (χ0) is 12.1. The number of hydrogen-bond donors (Lipinski definition) is 1. The lowest BCUT2D eigenvalue weighted by Gasteiger charge is -2.16. The molecule has 0 fully saturated rings. The van der Waals surface area contributed by atoms with E-state index in [1.54, 1.807) is 0 Å². The number of ether oxygens (including phenoxy) is 2. The summed E-state index contributed by atoms with van der Waals surface area (Å²) in [5.74, 6) is 1.23. The minimum Gasteiger partial charge on any atom is -0.493 e. The van der Waals surface area contributed by atoms with Crippen molar-refractivity contribution in [1.29, 1.82) is 0 Å². The van der Waals surface area contributed by atoms with Gasteiger partial charge in [0.1, 0.15) is 5.75 Å². The molecule has 0 aromatic heterocycles. The molecule has 4 heteroatoms. The van der Waals surface area contributed by atoms with Crippen LogP contribution in [0.15, 0.2) is 24.3 Å². The number of alkyl carbamates (subject to hydrolysis) is 1. The highest BCUT2D eigenvalue weighted by atomic mass is 16.5. The summed E-state index contributed by atoms with van der Waals surface area (Å²) >= 11 is 0. The minimum absolute atomic E-state index is 0.299. The van der Waals surface area contributed by atoms with E-state index in [0.717, 1.165) is 25.2 Å². The molecule has 1 aromatic rings. The highest BCUT2D eigenvalue weighted by molar-refractivity contribution is 5.67. The standard InChI is InChI=1S/C13H17NO3/c1-16-13(15)14-9-10-5-4-8-17-12-7-3-2-6-11(10)12/h2-3,6-7,10H,4-5,8-9H2,1H3,(H,14,15). The Hall–Kier alpha value is -1.71. The summed E-state index contributed by atoms with van der Waals surface area (Å²) in [6.45, 7) is 1.33. The topological polar surface area (TPSA) is 47.6 Å². The molecule has 0 saturated heterocycles. The highest BCUT2D eigenvalue weighted by Crippen LogP contribution is 2.32. The Bertz CT molecular complexity index is 392. The van der Waals surface area contributed by atoms with Crippen LogP contribution in [-0.4, -0.2) is 26.4 Å². The summed E-state index contributed by atoms with van der Waals surface area (Å²) < 4.78 is 10.2. The second-order valence-corrected chi connectivity index (χ2v) is 4.10. The predicted molar refractivity (Wildman–Crippen MR) is 64.3 cm³/mol. The molecule has 4 nitrogen and oxygen atoms in total. The molecule has 1 atom stereocenters. The van der Waals surface area contributed by atoms with Crippen molar-refractivity contribution >= 4 is 6.09 Å². The third-order valence-electron chi connectivity index (χ3n) is 2.99. The van der Waals surface area contributed by atoms with Gasteiger partial charge in [0.2, 0.25) is 0 Å². The fourth-order valence-corrected chi connectivity index (χ4v) is 2.11. The quantitative estimate of drug-likeness (QED) is 0.855. The molecule has 1 N–H and O–H groups in total. The lowest BCUT2D eigenvalue weighted by molar-refractivity contribution is 0.170. The van der Waals surface area contributed by atoms with Gasteiger partial charge in [-0.1, -0.05) is 18.2 Å². The Labute approximate surface area is 101 Å². The first-order chi connectivity index (χ1) is 8.31. The average molecular weight is 235 g/mol. The van der Waals surface area contributed by atoms with E-state index in [1.807, 2.05) is 18.2 Å². The average Bonchev–Trinajstić information content (AvgIpc) is 2.58. The fourth-order valence-electron chi connectivity index (χ4n) is 2.11. The largest absolute Gasteiger partial charge is 0.493 e. The first-order valence-corrected chi connectivity index (χ1v) is 5.85. The Morgan fingerprint density at radius 3 is 3.18 bits per heavy atom. The van der Waals surface area contributed by atoms with Crippen molar-refractivity contribution in [2.24, 2.45) is 0 Å². The molecular formula is C13H17NO3. The summed E-state index contributed by atoms with van der Waals surface area (Å²) in [7, 11) is 1.37. The van der Waals surface area contributed by atoms with Gasteiger partial charge in [0, 0.05) is 12.5 Å². The van der Waals surface area contributed by atoms with Crippen LogP contribution in [0.3, 0.4) is 0 Å². The van der Waals surface area contributed by atoms with E-state index in [4.69, 9.17) is 4.74 Å². The maximum absolute atomic E-state index is 11.1. The zero-order valence-electron chi connectivity index (χ0n) is 9.94. The Morgan fingerprint density at radius 1 is 1.53 bits per heavy atom. The van der Waals surface area contributed by atoms with E-state index in [1.165, 1.54) is 12.7 Å². The van der Waals surface area contributed by atoms with E-state index in [-0.39, 0.29) is 6.09 Å². The number of fused-ring (bicyclic) bond motifs is 1. The molecule has 92 valence electrons. The maximum atomic E-state index is 11.1. The zero-order valence-corrected chi connectivity index (χ0v) is 9.94. The van der Waals surface area contributed by atoms with Crippen molar-refractivity contribution < 1.29 is 14.3 Å². The van der Waals surface area contributed by atoms with Crippen molar-refractivity contribution in [3.05, 3.63) is 29.8 Å². The first kappa shape index (κ1) is 11.8. The molecule has 1 aliphatic heterocycles. The molecule has 0 radical (unpaired) electrons. The van der Waals surface area contributed by atoms with Gasteiger partial charge >= 0.3 is 6.09 Å². The molecule has 0 saturated carbocycles. The molecule has 0 aliphatic carbocycles. The number of methoxy groups -OCH3 is 1. The van der Waals surface area contributed by atoms with Gasteiger partial charge in [0.25, 0.3) is 0 Å². The van der Waals surface area contributed by atoms with Crippen LogP contribution in [0, 0.1) is 0 Å². The van der Waals surface area contributed by atoms with Crippen molar-refractivity contribution in [2.75, 3.05) is 20.3 Å². The summed E-state index contributed by atoms with van der Waals surface area (Å²) in [4.78, 5) is 11.1. The van der Waals surface area contributed by atoms with Crippen LogP contribution >= 0.6 is 0 Å². The third kappa shape index (κ3) is 2.90. The van der Waals surface area contributed by atoms with E-state index < -0.39 is 0 Å². The van der Waals surface area contributed by atoms with Crippen LogP contribution in [0.25, 0.3) is 0 Å². The summed E-state index contributed by atoms with van der Waals surface area (Å²) in [6, 6.07) is 8.00. The van der Waals surface area contributed by atoms with E-state index >= 15 is 0 Å². The number of amides is 1. The molecule has 0 spiro atoms. The first-order valence-electron chi connectivity index (χ1n) is 5.85. The van der Waals surface area contributed by atoms with Gasteiger partial charge in [-0.3, -0.25) is 0 Å². The highest BCUT2D eigenvalue weighted by Gasteiger charge is 2.19. The van der Waals surface area contributed by atoms with Crippen LogP contribution < -0.4 is 10.1 Å². The van der Waals surface area contributed by atoms with Crippen LogP contribution in [0.5, 0.6) is 5.75 Å². The summed E-state index contributed by atoms with van der Waals surface area (Å²) in [5, 5.41) is 2.75. The lowest BCUT2D eigenvalue weighted by atomic mass is 9.94. The van der Waals surface area contributed by atoms with Crippen LogP contribution in [0.2, 0.25) is 0 Å². The lowest BCUT2D eigenvalue weighted by Crippen LogP contribution is -2.28. The molecule has 1 heterocycles. The van der Waals surface area contributed by atoms with Gasteiger partial charge in [0.15, 0.2) is 0 Å². The monoisotopic (exact) mass is 235 g/mol. The normalized spacial score (nSPS) is 18.5. The van der Waals surface area contributed by atoms with Crippen LogP contribution in [0.1, 0.15) is 24.3 Å².